The molecule has 1 heterocycles. The molecular weight excluding hydrogens is 360 g/mol. The van der Waals surface area contributed by atoms with Crippen LogP contribution in [0.3, 0.4) is 0 Å². The van der Waals surface area contributed by atoms with Gasteiger partial charge in [0.2, 0.25) is 0 Å². The van der Waals surface area contributed by atoms with Gasteiger partial charge in [-0.25, -0.2) is 9.48 Å². The van der Waals surface area contributed by atoms with E-state index in [-0.39, 0.29) is 5.97 Å². The normalized spacial score (nSPS) is 10.3. The monoisotopic (exact) mass is 380 g/mol. The van der Waals surface area contributed by atoms with Gasteiger partial charge in [0, 0.05) is 24.6 Å². The number of nitrogens with zero attached hydrogens (tertiary/aromatic N) is 2. The summed E-state index contributed by atoms with van der Waals surface area (Å²) in [5.41, 5.74) is 3.42. The van der Waals surface area contributed by atoms with Crippen molar-refractivity contribution in [3.63, 3.8) is 0 Å². The molecule has 0 saturated carbocycles. The zero-order valence-electron chi connectivity index (χ0n) is 14.9. The van der Waals surface area contributed by atoms with Gasteiger partial charge in [-0.3, -0.25) is 0 Å². The summed E-state index contributed by atoms with van der Waals surface area (Å²) in [7, 11) is 0. The van der Waals surface area contributed by atoms with E-state index in [2.05, 4.69) is 15.7 Å². The van der Waals surface area contributed by atoms with Gasteiger partial charge in [0.1, 0.15) is 0 Å². The van der Waals surface area contributed by atoms with Crippen LogP contribution in [-0.2, 0) is 11.3 Å². The average Bonchev–Trinajstić information content (AvgIpc) is 3.22. The van der Waals surface area contributed by atoms with Gasteiger partial charge in [0.15, 0.2) is 5.11 Å². The number of ether oxygens (including phenoxy) is 1. The van der Waals surface area contributed by atoms with E-state index in [9.17, 15) is 4.79 Å². The molecule has 0 bridgehead atoms. The van der Waals surface area contributed by atoms with Gasteiger partial charge in [0.25, 0.3) is 0 Å². The quantitative estimate of drug-likeness (QED) is 0.504. The predicted octanol–water partition coefficient (Wildman–Crippen LogP) is 3.54. The third-order valence-corrected chi connectivity index (χ3v) is 4.06. The minimum absolute atomic E-state index is 0.330. The second-order valence-corrected chi connectivity index (χ2v) is 6.13. The molecule has 138 valence electrons. The van der Waals surface area contributed by atoms with Crippen LogP contribution < -0.4 is 10.6 Å². The van der Waals surface area contributed by atoms with Gasteiger partial charge in [-0.05, 0) is 67.2 Å². The molecular formula is C20H20N4O2S. The minimum Gasteiger partial charge on any atom is -0.462 e. The highest BCUT2D eigenvalue weighted by atomic mass is 32.1. The van der Waals surface area contributed by atoms with Crippen molar-refractivity contribution in [3.8, 4) is 5.69 Å². The van der Waals surface area contributed by atoms with E-state index in [0.29, 0.717) is 23.8 Å². The first-order chi connectivity index (χ1) is 13.2. The van der Waals surface area contributed by atoms with Crippen molar-refractivity contribution >= 4 is 29.0 Å². The molecule has 2 aromatic carbocycles. The summed E-state index contributed by atoms with van der Waals surface area (Å²) in [6, 6.07) is 17.0. The van der Waals surface area contributed by atoms with Gasteiger partial charge >= 0.3 is 5.97 Å². The topological polar surface area (TPSA) is 68.2 Å². The molecule has 3 aromatic rings. The summed E-state index contributed by atoms with van der Waals surface area (Å²) < 4.78 is 6.77. The van der Waals surface area contributed by atoms with Gasteiger partial charge < -0.3 is 15.4 Å². The van der Waals surface area contributed by atoms with E-state index < -0.39 is 0 Å². The van der Waals surface area contributed by atoms with E-state index in [1.54, 1.807) is 37.4 Å². The number of rotatable bonds is 6. The Hall–Kier alpha value is -3.19. The Kier molecular flexibility index (Phi) is 6.17. The Morgan fingerprint density at radius 2 is 1.89 bits per heavy atom. The molecule has 0 atom stereocenters. The zero-order chi connectivity index (χ0) is 19.1. The van der Waals surface area contributed by atoms with E-state index in [4.69, 9.17) is 17.0 Å². The second kappa shape index (κ2) is 8.95. The number of hydrogen-bond donors (Lipinski definition) is 2. The fourth-order valence-electron chi connectivity index (χ4n) is 2.45. The van der Waals surface area contributed by atoms with E-state index in [1.165, 1.54) is 0 Å². The highest BCUT2D eigenvalue weighted by Gasteiger charge is 2.06. The molecule has 0 aliphatic carbocycles. The first-order valence-electron chi connectivity index (χ1n) is 8.56. The van der Waals surface area contributed by atoms with Gasteiger partial charge in [0.05, 0.1) is 17.9 Å². The van der Waals surface area contributed by atoms with E-state index >= 15 is 0 Å². The lowest BCUT2D eigenvalue weighted by Gasteiger charge is -2.11. The standard InChI is InChI=1S/C20H20N4O2S/c1-2-26-19(25)16-6-8-17(9-7-16)23-20(27)21-14-15-4-10-18(11-5-15)24-13-3-12-22-24/h3-13H,2,14H2,1H3,(H2,21,23,27). The van der Waals surface area contributed by atoms with Crippen molar-refractivity contribution in [2.75, 3.05) is 11.9 Å². The second-order valence-electron chi connectivity index (χ2n) is 5.72. The van der Waals surface area contributed by atoms with Crippen LogP contribution >= 0.6 is 12.2 Å². The van der Waals surface area contributed by atoms with Crippen molar-refractivity contribution in [1.29, 1.82) is 0 Å². The summed E-state index contributed by atoms with van der Waals surface area (Å²) in [5, 5.41) is 11.0. The first kappa shape index (κ1) is 18.6. The summed E-state index contributed by atoms with van der Waals surface area (Å²) in [5.74, 6) is -0.330. The number of nitrogens with one attached hydrogen (secondary N) is 2. The minimum atomic E-state index is -0.330. The lowest BCUT2D eigenvalue weighted by molar-refractivity contribution is 0.0526. The molecule has 3 rings (SSSR count). The van der Waals surface area contributed by atoms with E-state index in [0.717, 1.165) is 16.9 Å². The number of hydrogen-bond acceptors (Lipinski definition) is 4. The third kappa shape index (κ3) is 5.15. The van der Waals surface area contributed by atoms with Crippen LogP contribution in [0, 0.1) is 0 Å². The molecule has 2 N–H and O–H groups in total. The number of esters is 1. The van der Waals surface area contributed by atoms with Crippen LogP contribution in [0.15, 0.2) is 67.0 Å². The zero-order valence-corrected chi connectivity index (χ0v) is 15.7. The Labute approximate surface area is 163 Å². The Morgan fingerprint density at radius 3 is 2.52 bits per heavy atom. The lowest BCUT2D eigenvalue weighted by atomic mass is 10.2. The maximum atomic E-state index is 11.7. The lowest BCUT2D eigenvalue weighted by Crippen LogP contribution is -2.27. The van der Waals surface area contributed by atoms with E-state index in [1.807, 2.05) is 41.2 Å². The smallest absolute Gasteiger partial charge is 0.338 e. The molecule has 0 spiro atoms. The summed E-state index contributed by atoms with van der Waals surface area (Å²) in [6.07, 6.45) is 3.65. The van der Waals surface area contributed by atoms with Crippen LogP contribution in [0.25, 0.3) is 5.69 Å². The molecule has 0 amide bonds. The van der Waals surface area contributed by atoms with Crippen LogP contribution in [0.2, 0.25) is 0 Å². The molecule has 0 radical (unpaired) electrons. The molecule has 7 heteroatoms. The summed E-state index contributed by atoms with van der Waals surface area (Å²) in [4.78, 5) is 11.7. The van der Waals surface area contributed by atoms with Gasteiger partial charge in [-0.15, -0.1) is 0 Å². The Bertz CT molecular complexity index is 891. The van der Waals surface area contributed by atoms with Gasteiger partial charge in [-0.2, -0.15) is 5.10 Å². The largest absolute Gasteiger partial charge is 0.462 e. The Balaban J connectivity index is 1.50. The fourth-order valence-corrected chi connectivity index (χ4v) is 2.64. The maximum Gasteiger partial charge on any atom is 0.338 e. The number of anilines is 1. The SMILES string of the molecule is CCOC(=O)c1ccc(NC(=S)NCc2ccc(-n3cccn3)cc2)cc1. The highest BCUT2D eigenvalue weighted by Crippen LogP contribution is 2.11. The van der Waals surface area contributed by atoms with Crippen molar-refractivity contribution in [2.45, 2.75) is 13.5 Å². The third-order valence-electron chi connectivity index (χ3n) is 3.81. The number of carbonyl (C=O) groups excluding carboxylic acids is 1. The fraction of sp³-hybridized carbons (Fsp3) is 0.150. The van der Waals surface area contributed by atoms with Crippen molar-refractivity contribution in [1.82, 2.24) is 15.1 Å². The summed E-state index contributed by atoms with van der Waals surface area (Å²) >= 11 is 5.32. The maximum absolute atomic E-state index is 11.7. The van der Waals surface area contributed by atoms with Gasteiger partial charge in [-0.1, -0.05) is 12.1 Å². The van der Waals surface area contributed by atoms with Crippen molar-refractivity contribution in [2.24, 2.45) is 0 Å². The molecule has 0 unspecified atom stereocenters. The first-order valence-corrected chi connectivity index (χ1v) is 8.97. The molecule has 0 aliphatic heterocycles. The number of carbonyl (C=O) groups is 1. The number of thiocarbonyl (C=S) groups is 1. The average molecular weight is 380 g/mol. The van der Waals surface area contributed by atoms with Crippen molar-refractivity contribution < 1.29 is 9.53 Å². The molecule has 27 heavy (non-hydrogen) atoms. The molecule has 6 nitrogen and oxygen atoms in total. The number of aromatic nitrogens is 2. The van der Waals surface area contributed by atoms with Crippen LogP contribution in [0.1, 0.15) is 22.8 Å². The highest BCUT2D eigenvalue weighted by molar-refractivity contribution is 7.80. The summed E-state index contributed by atoms with van der Waals surface area (Å²) in [6.45, 7) is 2.74. The molecule has 1 aromatic heterocycles. The molecule has 0 saturated heterocycles. The number of benzene rings is 2. The van der Waals surface area contributed by atoms with Crippen LogP contribution in [-0.4, -0.2) is 27.5 Å². The molecule has 0 fully saturated rings. The van der Waals surface area contributed by atoms with Crippen molar-refractivity contribution in [3.05, 3.63) is 78.1 Å². The Morgan fingerprint density at radius 1 is 1.15 bits per heavy atom. The molecule has 0 aliphatic rings. The van der Waals surface area contributed by atoms with Crippen LogP contribution in [0.5, 0.6) is 0 Å². The van der Waals surface area contributed by atoms with Crippen LogP contribution in [0.4, 0.5) is 5.69 Å². The predicted molar refractivity (Wildman–Crippen MR) is 109 cm³/mol.